The molecule has 0 bridgehead atoms. The maximum atomic E-state index is 10.5. The molecule has 6 nitrogen and oxygen atoms in total. The summed E-state index contributed by atoms with van der Waals surface area (Å²) < 4.78 is 0. The second-order valence-electron chi connectivity index (χ2n) is 2.23. The summed E-state index contributed by atoms with van der Waals surface area (Å²) in [5.74, 6) is 0. The largest absolute Gasteiger partial charge is 0.375 e. The summed E-state index contributed by atoms with van der Waals surface area (Å²) in [4.78, 5) is 24.8. The fraction of sp³-hybridized carbons (Fsp3) is 0.167. The Bertz CT molecular complexity index is 324. The molecule has 0 saturated carbocycles. The van der Waals surface area contributed by atoms with E-state index in [0.29, 0.717) is 17.1 Å². The number of nitrogens with zero attached hydrogens (tertiary/aromatic N) is 1. The first-order chi connectivity index (χ1) is 6.13. The molecular weight excluding hydrogens is 192 g/mol. The van der Waals surface area contributed by atoms with Gasteiger partial charge in [-0.15, -0.1) is 11.3 Å². The van der Waals surface area contributed by atoms with E-state index in [0.717, 1.165) is 0 Å². The lowest BCUT2D eigenvalue weighted by molar-refractivity contribution is -0.109. The van der Waals surface area contributed by atoms with Crippen molar-refractivity contribution in [3.63, 3.8) is 0 Å². The number of urea groups is 1. The zero-order valence-electron chi connectivity index (χ0n) is 6.56. The summed E-state index contributed by atoms with van der Waals surface area (Å²) in [5.41, 5.74) is 10.6. The predicted molar refractivity (Wildman–Crippen MR) is 48.1 cm³/mol. The molecule has 0 aliphatic rings. The third-order valence-corrected chi connectivity index (χ3v) is 1.98. The van der Waals surface area contributed by atoms with Crippen molar-refractivity contribution >= 4 is 28.8 Å². The normalized spacial score (nSPS) is 12.0. The first-order valence-corrected chi connectivity index (χ1v) is 4.23. The molecule has 1 unspecified atom stereocenters. The second kappa shape index (κ2) is 3.85. The standard InChI is InChI=1S/C6H8N4O2S/c7-5(12)9-3(1-11)4-2-13-6(8)10-4/h1-3H,(H2,8,10)(H3,7,9,12). The van der Waals surface area contributed by atoms with Crippen molar-refractivity contribution in [1.82, 2.24) is 10.3 Å². The summed E-state index contributed by atoms with van der Waals surface area (Å²) in [7, 11) is 0. The monoisotopic (exact) mass is 200 g/mol. The Morgan fingerprint density at radius 1 is 1.77 bits per heavy atom. The van der Waals surface area contributed by atoms with Crippen LogP contribution in [0.2, 0.25) is 0 Å². The molecular formula is C6H8N4O2S. The van der Waals surface area contributed by atoms with E-state index in [4.69, 9.17) is 11.5 Å². The average Bonchev–Trinajstić information content (AvgIpc) is 2.47. The van der Waals surface area contributed by atoms with Gasteiger partial charge in [-0.3, -0.25) is 0 Å². The number of anilines is 1. The van der Waals surface area contributed by atoms with Crippen molar-refractivity contribution in [3.05, 3.63) is 11.1 Å². The second-order valence-corrected chi connectivity index (χ2v) is 3.12. The van der Waals surface area contributed by atoms with Crippen molar-refractivity contribution in [2.45, 2.75) is 6.04 Å². The number of carbonyl (C=O) groups is 2. The molecule has 0 aliphatic heterocycles. The van der Waals surface area contributed by atoms with Gasteiger partial charge in [-0.2, -0.15) is 0 Å². The molecule has 0 radical (unpaired) electrons. The summed E-state index contributed by atoms with van der Waals surface area (Å²) in [6, 6.07) is -1.59. The fourth-order valence-corrected chi connectivity index (χ4v) is 1.37. The number of carbonyl (C=O) groups excluding carboxylic acids is 2. The third kappa shape index (κ3) is 2.41. The van der Waals surface area contributed by atoms with Crippen LogP contribution in [0.4, 0.5) is 9.93 Å². The van der Waals surface area contributed by atoms with Gasteiger partial charge < -0.3 is 21.6 Å². The van der Waals surface area contributed by atoms with Crippen LogP contribution < -0.4 is 16.8 Å². The molecule has 13 heavy (non-hydrogen) atoms. The van der Waals surface area contributed by atoms with Gasteiger partial charge >= 0.3 is 6.03 Å². The van der Waals surface area contributed by atoms with Crippen LogP contribution in [0.5, 0.6) is 0 Å². The highest BCUT2D eigenvalue weighted by atomic mass is 32.1. The zero-order chi connectivity index (χ0) is 9.84. The Morgan fingerprint density at radius 3 is 2.85 bits per heavy atom. The molecule has 0 aliphatic carbocycles. The van der Waals surface area contributed by atoms with Crippen molar-refractivity contribution < 1.29 is 9.59 Å². The Kier molecular flexibility index (Phi) is 2.80. The van der Waals surface area contributed by atoms with Crippen LogP contribution in [0.3, 0.4) is 0 Å². The molecule has 0 saturated heterocycles. The number of thiazole rings is 1. The van der Waals surface area contributed by atoms with Gasteiger partial charge in [-0.1, -0.05) is 0 Å². The van der Waals surface area contributed by atoms with Gasteiger partial charge in [0.2, 0.25) is 0 Å². The fourth-order valence-electron chi connectivity index (χ4n) is 0.774. The van der Waals surface area contributed by atoms with Crippen molar-refractivity contribution in [2.24, 2.45) is 5.73 Å². The molecule has 70 valence electrons. The lowest BCUT2D eigenvalue weighted by Crippen LogP contribution is -2.34. The molecule has 1 atom stereocenters. The molecule has 7 heteroatoms. The SMILES string of the molecule is NC(=O)NC(C=O)c1csc(N)n1. The number of rotatable bonds is 3. The predicted octanol–water partition coefficient (Wildman–Crippen LogP) is -0.366. The Hall–Kier alpha value is -1.63. The van der Waals surface area contributed by atoms with Crippen molar-refractivity contribution in [3.8, 4) is 0 Å². The first-order valence-electron chi connectivity index (χ1n) is 3.35. The van der Waals surface area contributed by atoms with Gasteiger partial charge in [0.05, 0.1) is 5.69 Å². The number of aromatic nitrogens is 1. The maximum absolute atomic E-state index is 10.5. The summed E-state index contributed by atoms with van der Waals surface area (Å²) in [5, 5.41) is 4.15. The number of nitrogens with one attached hydrogen (secondary N) is 1. The number of hydrogen-bond acceptors (Lipinski definition) is 5. The van der Waals surface area contributed by atoms with E-state index in [2.05, 4.69) is 10.3 Å². The van der Waals surface area contributed by atoms with Crippen LogP contribution in [0.25, 0.3) is 0 Å². The average molecular weight is 200 g/mol. The summed E-state index contributed by atoms with van der Waals surface area (Å²) in [6.07, 6.45) is 0.541. The van der Waals surface area contributed by atoms with Crippen LogP contribution in [0.15, 0.2) is 5.38 Å². The highest BCUT2D eigenvalue weighted by molar-refractivity contribution is 7.13. The smallest absolute Gasteiger partial charge is 0.313 e. The lowest BCUT2D eigenvalue weighted by Gasteiger charge is -2.06. The van der Waals surface area contributed by atoms with Crippen LogP contribution in [0.1, 0.15) is 11.7 Å². The molecule has 0 spiro atoms. The molecule has 0 fully saturated rings. The Morgan fingerprint density at radius 2 is 2.46 bits per heavy atom. The number of amides is 2. The zero-order valence-corrected chi connectivity index (χ0v) is 7.38. The van der Waals surface area contributed by atoms with E-state index >= 15 is 0 Å². The molecule has 0 aromatic carbocycles. The minimum Gasteiger partial charge on any atom is -0.375 e. The Labute approximate surface area is 77.9 Å². The van der Waals surface area contributed by atoms with E-state index in [9.17, 15) is 9.59 Å². The lowest BCUT2D eigenvalue weighted by atomic mass is 10.2. The molecule has 1 heterocycles. The molecule has 1 aromatic rings. The van der Waals surface area contributed by atoms with Gasteiger partial charge in [0.25, 0.3) is 0 Å². The minimum atomic E-state index is -0.814. The topological polar surface area (TPSA) is 111 Å². The third-order valence-electron chi connectivity index (χ3n) is 1.29. The van der Waals surface area contributed by atoms with Crippen LogP contribution in [-0.2, 0) is 4.79 Å². The summed E-state index contributed by atoms with van der Waals surface area (Å²) >= 11 is 1.19. The van der Waals surface area contributed by atoms with E-state index in [1.165, 1.54) is 11.3 Å². The highest BCUT2D eigenvalue weighted by Crippen LogP contribution is 2.16. The number of hydrogen-bond donors (Lipinski definition) is 3. The van der Waals surface area contributed by atoms with E-state index in [1.807, 2.05) is 0 Å². The van der Waals surface area contributed by atoms with Crippen LogP contribution in [-0.4, -0.2) is 17.3 Å². The Balaban J connectivity index is 2.78. The van der Waals surface area contributed by atoms with Crippen molar-refractivity contribution in [1.29, 1.82) is 0 Å². The molecule has 5 N–H and O–H groups in total. The van der Waals surface area contributed by atoms with E-state index in [-0.39, 0.29) is 0 Å². The minimum absolute atomic E-state index is 0.341. The van der Waals surface area contributed by atoms with Gasteiger partial charge in [0, 0.05) is 5.38 Å². The van der Waals surface area contributed by atoms with Gasteiger partial charge in [0.1, 0.15) is 12.3 Å². The molecule has 1 rings (SSSR count). The quantitative estimate of drug-likeness (QED) is 0.578. The molecule has 1 aromatic heterocycles. The van der Waals surface area contributed by atoms with Crippen LogP contribution >= 0.6 is 11.3 Å². The van der Waals surface area contributed by atoms with Crippen molar-refractivity contribution in [2.75, 3.05) is 5.73 Å². The molecule has 2 amide bonds. The number of nitrogens with two attached hydrogens (primary N) is 2. The van der Waals surface area contributed by atoms with Crippen LogP contribution in [0, 0.1) is 0 Å². The first kappa shape index (κ1) is 9.46. The van der Waals surface area contributed by atoms with E-state index in [1.54, 1.807) is 5.38 Å². The number of nitrogen functional groups attached to an aromatic ring is 1. The van der Waals surface area contributed by atoms with Gasteiger partial charge in [-0.25, -0.2) is 9.78 Å². The number of aldehydes is 1. The van der Waals surface area contributed by atoms with E-state index < -0.39 is 12.1 Å². The maximum Gasteiger partial charge on any atom is 0.313 e. The highest BCUT2D eigenvalue weighted by Gasteiger charge is 2.14. The van der Waals surface area contributed by atoms with Gasteiger partial charge in [-0.05, 0) is 0 Å². The number of primary amides is 1. The summed E-state index contributed by atoms with van der Waals surface area (Å²) in [6.45, 7) is 0. The van der Waals surface area contributed by atoms with Gasteiger partial charge in [0.15, 0.2) is 5.13 Å².